The van der Waals surface area contributed by atoms with Crippen LogP contribution in [-0.4, -0.2) is 94.5 Å². The fourth-order valence-corrected chi connectivity index (χ4v) is 4.22. The van der Waals surface area contributed by atoms with E-state index < -0.39 is 12.1 Å². The first kappa shape index (κ1) is 37.3. The lowest BCUT2D eigenvalue weighted by Crippen LogP contribution is -2.34. The molecule has 7 nitrogen and oxygen atoms in total. The number of aldehydes is 2. The molecule has 1 aliphatic heterocycles. The van der Waals surface area contributed by atoms with Crippen molar-refractivity contribution in [3.05, 3.63) is 52.7 Å². The molecule has 0 spiro atoms. The van der Waals surface area contributed by atoms with Gasteiger partial charge >= 0.3 is 6.18 Å². The smallest absolute Gasteiger partial charge is 0.402 e. The average Bonchev–Trinajstić information content (AvgIpc) is 2.93. The number of piperidine rings is 1. The number of pyridine rings is 1. The molecule has 0 bridgehead atoms. The van der Waals surface area contributed by atoms with Gasteiger partial charge in [0.15, 0.2) is 6.29 Å². The largest absolute Gasteiger partial charge is 0.497 e. The van der Waals surface area contributed by atoms with E-state index in [1.54, 1.807) is 6.07 Å². The second-order valence-corrected chi connectivity index (χ2v) is 11.4. The molecule has 42 heavy (non-hydrogen) atoms. The van der Waals surface area contributed by atoms with E-state index in [4.69, 9.17) is 16.3 Å². The molecule has 0 radical (unpaired) electrons. The van der Waals surface area contributed by atoms with Crippen molar-refractivity contribution in [1.29, 1.82) is 0 Å². The Morgan fingerprint density at radius 2 is 1.71 bits per heavy atom. The number of carbonyl (C=O) groups is 2. The Morgan fingerprint density at radius 1 is 1.10 bits per heavy atom. The van der Waals surface area contributed by atoms with Crippen LogP contribution in [-0.2, 0) is 4.79 Å². The molecule has 1 unspecified atom stereocenters. The Bertz CT molecular complexity index is 1070. The van der Waals surface area contributed by atoms with Gasteiger partial charge in [0.1, 0.15) is 28.9 Å². The van der Waals surface area contributed by atoms with Crippen LogP contribution in [0.5, 0.6) is 5.75 Å². The highest BCUT2D eigenvalue weighted by Gasteiger charge is 2.40. The Morgan fingerprint density at radius 3 is 2.17 bits per heavy atom. The molecule has 2 heterocycles. The topological polar surface area (TPSA) is 66.0 Å². The molecule has 1 aromatic carbocycles. The molecule has 1 aliphatic rings. The molecule has 1 saturated heterocycles. The third-order valence-corrected chi connectivity index (χ3v) is 7.42. The molecule has 11 heteroatoms. The maximum absolute atomic E-state index is 12.4. The summed E-state index contributed by atoms with van der Waals surface area (Å²) >= 11 is 6.00. The van der Waals surface area contributed by atoms with Gasteiger partial charge in [0.25, 0.3) is 0 Å². The maximum Gasteiger partial charge on any atom is 0.402 e. The number of hydrogen-bond donors (Lipinski definition) is 0. The Hall–Kier alpha value is -2.69. The van der Waals surface area contributed by atoms with Crippen LogP contribution in [0.2, 0.25) is 5.15 Å². The average molecular weight is 615 g/mol. The van der Waals surface area contributed by atoms with Crippen molar-refractivity contribution in [2.75, 3.05) is 59.8 Å². The van der Waals surface area contributed by atoms with Gasteiger partial charge in [0, 0.05) is 19.1 Å². The summed E-state index contributed by atoms with van der Waals surface area (Å²) in [4.78, 5) is 32.2. The van der Waals surface area contributed by atoms with E-state index in [-0.39, 0.29) is 11.8 Å². The first-order valence-corrected chi connectivity index (χ1v) is 14.4. The van der Waals surface area contributed by atoms with E-state index >= 15 is 0 Å². The molecule has 3 rings (SSSR count). The van der Waals surface area contributed by atoms with Gasteiger partial charge in [0.2, 0.25) is 0 Å². The summed E-state index contributed by atoms with van der Waals surface area (Å²) in [5.41, 5.74) is 0.343. The van der Waals surface area contributed by atoms with Crippen molar-refractivity contribution in [3.8, 4) is 5.75 Å². The summed E-state index contributed by atoms with van der Waals surface area (Å²) in [6.07, 6.45) is 1.07. The summed E-state index contributed by atoms with van der Waals surface area (Å²) in [6, 6.07) is 9.70. The van der Waals surface area contributed by atoms with Crippen LogP contribution < -0.4 is 9.64 Å². The zero-order valence-corrected chi connectivity index (χ0v) is 26.6. The van der Waals surface area contributed by atoms with Crippen molar-refractivity contribution in [1.82, 2.24) is 14.8 Å². The van der Waals surface area contributed by atoms with E-state index in [9.17, 15) is 22.8 Å². The van der Waals surface area contributed by atoms with Gasteiger partial charge in [-0.3, -0.25) is 4.79 Å². The second-order valence-electron chi connectivity index (χ2n) is 11.0. The molecule has 0 N–H and O–H groups in total. The lowest BCUT2D eigenvalue weighted by Gasteiger charge is -2.33. The number of rotatable bonds is 10. The highest BCUT2D eigenvalue weighted by atomic mass is 35.5. The van der Waals surface area contributed by atoms with Crippen molar-refractivity contribution in [3.63, 3.8) is 0 Å². The summed E-state index contributed by atoms with van der Waals surface area (Å²) in [7, 11) is 9.75. The number of aromatic nitrogens is 1. The van der Waals surface area contributed by atoms with Crippen molar-refractivity contribution < 1.29 is 27.5 Å². The zero-order chi connectivity index (χ0) is 31.9. The van der Waals surface area contributed by atoms with Crippen LogP contribution in [0, 0.1) is 5.92 Å². The number of hydrogen-bond acceptors (Lipinski definition) is 7. The fraction of sp³-hybridized carbons (Fsp3) is 0.581. The molecular formula is C31H46ClF3N4O3. The lowest BCUT2D eigenvalue weighted by atomic mass is 9.92. The number of benzene rings is 1. The summed E-state index contributed by atoms with van der Waals surface area (Å²) in [5.74, 6) is -0.0838. The maximum atomic E-state index is 12.4. The second kappa shape index (κ2) is 18.8. The minimum absolute atomic E-state index is 0.114. The number of alkyl halides is 3. The predicted molar refractivity (Wildman–Crippen MR) is 164 cm³/mol. The summed E-state index contributed by atoms with van der Waals surface area (Å²) in [6.45, 7) is 7.55. The first-order chi connectivity index (χ1) is 19.7. The molecule has 2 aromatic rings. The number of halogens is 4. The highest BCUT2D eigenvalue weighted by Crippen LogP contribution is 2.34. The molecular weight excluding hydrogens is 569 g/mol. The Labute approximate surface area is 254 Å². The minimum atomic E-state index is -4.56. The van der Waals surface area contributed by atoms with Crippen molar-refractivity contribution >= 4 is 30.0 Å². The summed E-state index contributed by atoms with van der Waals surface area (Å²) in [5, 5.41) is 0.301. The van der Waals surface area contributed by atoms with Crippen LogP contribution >= 0.6 is 11.6 Å². The van der Waals surface area contributed by atoms with Crippen LogP contribution in [0.15, 0.2) is 36.4 Å². The fourth-order valence-electron chi connectivity index (χ4n) is 4.03. The highest BCUT2D eigenvalue weighted by molar-refractivity contribution is 6.31. The van der Waals surface area contributed by atoms with E-state index in [2.05, 4.69) is 61.7 Å². The number of nitrogens with zero attached hydrogens (tertiary/aromatic N) is 4. The molecule has 0 aliphatic carbocycles. The zero-order valence-electron chi connectivity index (χ0n) is 25.8. The van der Waals surface area contributed by atoms with Crippen LogP contribution in [0.1, 0.15) is 61.4 Å². The summed E-state index contributed by atoms with van der Waals surface area (Å²) < 4.78 is 41.9. The molecule has 236 valence electrons. The SMILES string of the molecule is CC(C)N(C)C.CN(C)CCCC1CCN(c2ccc(C=O)c(Cl)n2)CC1.COc1cccc(C(C=O)C(F)(F)F)c1. The van der Waals surface area contributed by atoms with E-state index in [1.807, 2.05) is 6.07 Å². The van der Waals surface area contributed by atoms with Crippen LogP contribution in [0.4, 0.5) is 19.0 Å². The van der Waals surface area contributed by atoms with E-state index in [0.29, 0.717) is 22.5 Å². The van der Waals surface area contributed by atoms with Gasteiger partial charge < -0.3 is 24.2 Å². The number of methoxy groups -OCH3 is 1. The van der Waals surface area contributed by atoms with E-state index in [1.165, 1.54) is 63.6 Å². The number of ether oxygens (including phenoxy) is 1. The normalized spacial score (nSPS) is 14.6. The molecule has 0 amide bonds. The molecule has 0 saturated carbocycles. The molecule has 1 aromatic heterocycles. The van der Waals surface area contributed by atoms with Crippen LogP contribution in [0.25, 0.3) is 0 Å². The first-order valence-electron chi connectivity index (χ1n) is 14.1. The number of carbonyl (C=O) groups excluding carboxylic acids is 2. The van der Waals surface area contributed by atoms with Gasteiger partial charge in [0.05, 0.1) is 12.7 Å². The van der Waals surface area contributed by atoms with Gasteiger partial charge in [-0.15, -0.1) is 0 Å². The third kappa shape index (κ3) is 13.5. The minimum Gasteiger partial charge on any atom is -0.497 e. The lowest BCUT2D eigenvalue weighted by molar-refractivity contribution is -0.155. The van der Waals surface area contributed by atoms with Crippen molar-refractivity contribution in [2.45, 2.75) is 57.7 Å². The molecule has 1 fully saturated rings. The number of anilines is 1. The van der Waals surface area contributed by atoms with Crippen LogP contribution in [0.3, 0.4) is 0 Å². The van der Waals surface area contributed by atoms with Crippen molar-refractivity contribution in [2.24, 2.45) is 5.92 Å². The standard InChI is InChI=1S/C16H24ClN3O.C10H9F3O2.C5H13N/c1-19(2)9-3-4-13-7-10-20(11-8-13)15-6-5-14(12-21)16(17)18-15;1-15-8-4-2-3-7(5-8)9(6-14)10(11,12)13;1-5(2)6(3)4/h5-6,12-13H,3-4,7-11H2,1-2H3;2-6,9H,1H3;5H,1-4H3. The van der Waals surface area contributed by atoms with E-state index in [0.717, 1.165) is 31.1 Å². The Kier molecular flexibility index (Phi) is 16.7. The quantitative estimate of drug-likeness (QED) is 0.221. The Balaban J connectivity index is 0.000000366. The predicted octanol–water partition coefficient (Wildman–Crippen LogP) is 6.60. The third-order valence-electron chi connectivity index (χ3n) is 7.12. The van der Waals surface area contributed by atoms with Gasteiger partial charge in [-0.2, -0.15) is 13.2 Å². The van der Waals surface area contributed by atoms with Gasteiger partial charge in [-0.25, -0.2) is 4.98 Å². The van der Waals surface area contributed by atoms with Gasteiger partial charge in [-0.05, 0) is 110 Å². The van der Waals surface area contributed by atoms with Gasteiger partial charge in [-0.1, -0.05) is 23.7 Å². The molecule has 1 atom stereocenters. The monoisotopic (exact) mass is 614 g/mol.